The number of pyridine rings is 1. The number of benzene rings is 1. The molecule has 0 spiro atoms. The van der Waals surface area contributed by atoms with Gasteiger partial charge in [0.2, 0.25) is 0 Å². The SMILES string of the molecule is CO[C@@H]1COCCC1NC1CCN(C(=O)c2nccc(NC[C@H]3CCC[C@@H](c4ccc(C)cc4)O3)c2C)CC1. The van der Waals surface area contributed by atoms with Crippen molar-refractivity contribution in [1.29, 1.82) is 0 Å². The summed E-state index contributed by atoms with van der Waals surface area (Å²) < 4.78 is 17.6. The van der Waals surface area contributed by atoms with E-state index in [0.29, 0.717) is 30.9 Å². The molecule has 2 aromatic rings. The number of aromatic nitrogens is 1. The summed E-state index contributed by atoms with van der Waals surface area (Å²) in [6.07, 6.45) is 8.16. The van der Waals surface area contributed by atoms with Crippen LogP contribution in [0.3, 0.4) is 0 Å². The molecule has 0 saturated carbocycles. The van der Waals surface area contributed by atoms with Gasteiger partial charge in [-0.1, -0.05) is 29.8 Å². The molecule has 0 aliphatic carbocycles. The van der Waals surface area contributed by atoms with Gasteiger partial charge >= 0.3 is 0 Å². The van der Waals surface area contributed by atoms with Crippen LogP contribution < -0.4 is 10.6 Å². The number of rotatable bonds is 8. The molecule has 5 rings (SSSR count). The third kappa shape index (κ3) is 6.98. The van der Waals surface area contributed by atoms with Crippen molar-refractivity contribution >= 4 is 11.6 Å². The number of carbonyl (C=O) groups excluding carboxylic acids is 1. The van der Waals surface area contributed by atoms with E-state index < -0.39 is 0 Å². The number of nitrogens with one attached hydrogen (secondary N) is 2. The lowest BCUT2D eigenvalue weighted by atomic mass is 9.97. The third-order valence-corrected chi connectivity index (χ3v) is 8.56. The number of hydrogen-bond donors (Lipinski definition) is 2. The first-order valence-corrected chi connectivity index (χ1v) is 14.6. The van der Waals surface area contributed by atoms with Gasteiger partial charge in [-0.25, -0.2) is 0 Å². The molecule has 3 fully saturated rings. The van der Waals surface area contributed by atoms with Crippen molar-refractivity contribution in [2.45, 2.75) is 82.8 Å². The van der Waals surface area contributed by atoms with Crippen LogP contribution in [0, 0.1) is 13.8 Å². The van der Waals surface area contributed by atoms with Gasteiger partial charge in [0, 0.05) is 62.9 Å². The van der Waals surface area contributed by atoms with Gasteiger partial charge in [-0.2, -0.15) is 0 Å². The molecule has 0 radical (unpaired) electrons. The Labute approximate surface area is 232 Å². The highest BCUT2D eigenvalue weighted by Gasteiger charge is 2.31. The fourth-order valence-electron chi connectivity index (χ4n) is 6.08. The van der Waals surface area contributed by atoms with Crippen LogP contribution in [0.4, 0.5) is 5.69 Å². The summed E-state index contributed by atoms with van der Waals surface area (Å²) in [4.78, 5) is 19.9. The molecule has 1 unspecified atom stereocenters. The number of nitrogens with zero attached hydrogens (tertiary/aromatic N) is 2. The van der Waals surface area contributed by atoms with Crippen molar-refractivity contribution in [2.24, 2.45) is 0 Å². The summed E-state index contributed by atoms with van der Waals surface area (Å²) in [7, 11) is 1.75. The minimum atomic E-state index is 0.0174. The Balaban J connectivity index is 1.13. The van der Waals surface area contributed by atoms with E-state index in [4.69, 9.17) is 14.2 Å². The second kappa shape index (κ2) is 13.2. The quantitative estimate of drug-likeness (QED) is 0.517. The van der Waals surface area contributed by atoms with Crippen molar-refractivity contribution in [1.82, 2.24) is 15.2 Å². The lowest BCUT2D eigenvalue weighted by Crippen LogP contribution is -2.54. The van der Waals surface area contributed by atoms with Gasteiger partial charge in [-0.3, -0.25) is 9.78 Å². The van der Waals surface area contributed by atoms with Gasteiger partial charge in [0.25, 0.3) is 5.91 Å². The molecule has 1 aromatic carbocycles. The molecular weight excluding hydrogens is 492 g/mol. The average Bonchev–Trinajstić information content (AvgIpc) is 2.97. The Kier molecular flexibility index (Phi) is 9.50. The van der Waals surface area contributed by atoms with E-state index in [-0.39, 0.29) is 24.2 Å². The van der Waals surface area contributed by atoms with Crippen molar-refractivity contribution in [3.8, 4) is 0 Å². The summed E-state index contributed by atoms with van der Waals surface area (Å²) in [5, 5.41) is 7.32. The third-order valence-electron chi connectivity index (χ3n) is 8.56. The summed E-state index contributed by atoms with van der Waals surface area (Å²) >= 11 is 0. The van der Waals surface area contributed by atoms with E-state index in [1.165, 1.54) is 11.1 Å². The number of hydrogen-bond acceptors (Lipinski definition) is 7. The molecule has 212 valence electrons. The molecule has 39 heavy (non-hydrogen) atoms. The predicted octanol–water partition coefficient (Wildman–Crippen LogP) is 4.42. The summed E-state index contributed by atoms with van der Waals surface area (Å²) in [5.41, 5.74) is 4.92. The van der Waals surface area contributed by atoms with Crippen molar-refractivity contribution in [2.75, 3.05) is 45.3 Å². The Morgan fingerprint density at radius 2 is 1.87 bits per heavy atom. The second-order valence-electron chi connectivity index (χ2n) is 11.3. The first-order chi connectivity index (χ1) is 19.0. The van der Waals surface area contributed by atoms with E-state index in [1.807, 2.05) is 17.9 Å². The van der Waals surface area contributed by atoms with Gasteiger partial charge in [0.1, 0.15) is 5.69 Å². The van der Waals surface area contributed by atoms with E-state index in [9.17, 15) is 4.79 Å². The van der Waals surface area contributed by atoms with Crippen LogP contribution in [-0.2, 0) is 14.2 Å². The van der Waals surface area contributed by atoms with Crippen LogP contribution in [-0.4, -0.2) is 80.0 Å². The summed E-state index contributed by atoms with van der Waals surface area (Å²) in [6, 6.07) is 11.3. The van der Waals surface area contributed by atoms with Gasteiger partial charge in [0.05, 0.1) is 24.9 Å². The number of likely N-dealkylation sites (tertiary alicyclic amines) is 1. The molecule has 4 atom stereocenters. The molecule has 2 N–H and O–H groups in total. The Morgan fingerprint density at radius 3 is 2.64 bits per heavy atom. The molecule has 3 aliphatic rings. The second-order valence-corrected chi connectivity index (χ2v) is 11.3. The van der Waals surface area contributed by atoms with Gasteiger partial charge < -0.3 is 29.7 Å². The maximum absolute atomic E-state index is 13.5. The zero-order chi connectivity index (χ0) is 27.2. The van der Waals surface area contributed by atoms with Crippen molar-refractivity contribution in [3.05, 3.63) is 58.9 Å². The molecule has 3 saturated heterocycles. The van der Waals surface area contributed by atoms with E-state index in [1.54, 1.807) is 13.3 Å². The maximum Gasteiger partial charge on any atom is 0.272 e. The summed E-state index contributed by atoms with van der Waals surface area (Å²) in [5.74, 6) is 0.0174. The van der Waals surface area contributed by atoms with Crippen LogP contribution in [0.5, 0.6) is 0 Å². The lowest BCUT2D eigenvalue weighted by Gasteiger charge is -2.38. The number of piperidine rings is 1. The zero-order valence-electron chi connectivity index (χ0n) is 23.7. The fourth-order valence-corrected chi connectivity index (χ4v) is 6.08. The molecule has 4 heterocycles. The zero-order valence-corrected chi connectivity index (χ0v) is 23.7. The first-order valence-electron chi connectivity index (χ1n) is 14.6. The Morgan fingerprint density at radius 1 is 1.08 bits per heavy atom. The monoisotopic (exact) mass is 536 g/mol. The maximum atomic E-state index is 13.5. The predicted molar refractivity (Wildman–Crippen MR) is 152 cm³/mol. The number of carbonyl (C=O) groups is 1. The van der Waals surface area contributed by atoms with Crippen LogP contribution in [0.1, 0.15) is 71.8 Å². The molecule has 1 amide bonds. The number of amides is 1. The minimum absolute atomic E-state index is 0.0174. The number of ether oxygens (including phenoxy) is 3. The molecule has 8 heteroatoms. The molecule has 1 aromatic heterocycles. The van der Waals surface area contributed by atoms with E-state index >= 15 is 0 Å². The standard InChI is InChI=1S/C31H44N4O4/c1-21-7-9-23(10-8-21)28-6-4-5-25(39-28)19-33-26-11-15-32-30(22(26)2)31(36)35-16-12-24(13-17-35)34-27-14-18-38-20-29(27)37-3/h7-11,15,24-25,27-29,34H,4-6,12-14,16-20H2,1-3H3,(H,32,33)/t25-,27?,28+,29-/m1/s1. The van der Waals surface area contributed by atoms with Crippen LogP contribution >= 0.6 is 0 Å². The first kappa shape index (κ1) is 28.0. The fraction of sp³-hybridized carbons (Fsp3) is 0.613. The Hall–Kier alpha value is -2.52. The van der Waals surface area contributed by atoms with Gasteiger partial charge in [-0.05, 0) is 64.0 Å². The molecular formula is C31H44N4O4. The number of methoxy groups -OCH3 is 1. The minimum Gasteiger partial charge on any atom is -0.382 e. The van der Waals surface area contributed by atoms with Crippen LogP contribution in [0.25, 0.3) is 0 Å². The normalized spacial score (nSPS) is 26.4. The topological polar surface area (TPSA) is 85.0 Å². The van der Waals surface area contributed by atoms with Gasteiger partial charge in [0.15, 0.2) is 0 Å². The molecule has 0 bridgehead atoms. The molecule has 8 nitrogen and oxygen atoms in total. The number of anilines is 1. The number of aryl methyl sites for hydroxylation is 1. The van der Waals surface area contributed by atoms with Crippen molar-refractivity contribution < 1.29 is 19.0 Å². The highest BCUT2D eigenvalue weighted by Crippen LogP contribution is 2.32. The van der Waals surface area contributed by atoms with Gasteiger partial charge in [-0.15, -0.1) is 0 Å². The lowest BCUT2D eigenvalue weighted by molar-refractivity contribution is -0.0533. The van der Waals surface area contributed by atoms with E-state index in [0.717, 1.165) is 69.5 Å². The van der Waals surface area contributed by atoms with Crippen molar-refractivity contribution in [3.63, 3.8) is 0 Å². The smallest absolute Gasteiger partial charge is 0.272 e. The molecule has 3 aliphatic heterocycles. The average molecular weight is 537 g/mol. The highest BCUT2D eigenvalue weighted by atomic mass is 16.5. The highest BCUT2D eigenvalue weighted by molar-refractivity contribution is 5.95. The van der Waals surface area contributed by atoms with Crippen LogP contribution in [0.2, 0.25) is 0 Å². The van der Waals surface area contributed by atoms with E-state index in [2.05, 4.69) is 46.8 Å². The largest absolute Gasteiger partial charge is 0.382 e. The summed E-state index contributed by atoms with van der Waals surface area (Å²) in [6.45, 7) is 7.68. The van der Waals surface area contributed by atoms with Crippen LogP contribution in [0.15, 0.2) is 36.5 Å². The Bertz CT molecular complexity index is 1090.